The molecule has 0 saturated carbocycles. The number of nitrogens with one attached hydrogen (secondary N) is 1. The molecule has 1 aliphatic heterocycles. The second-order valence-electron chi connectivity index (χ2n) is 4.95. The number of hydrogen-bond acceptors (Lipinski definition) is 5. The Balaban J connectivity index is 1.86. The first kappa shape index (κ1) is 14.3. The van der Waals surface area contributed by atoms with Crippen LogP contribution in [0.15, 0.2) is 12.4 Å². The third kappa shape index (κ3) is 4.21. The fourth-order valence-electron chi connectivity index (χ4n) is 2.33. The molecular weight excluding hydrogens is 266 g/mol. The molecule has 1 fully saturated rings. The number of sulfone groups is 1. The van der Waals surface area contributed by atoms with E-state index in [1.165, 1.54) is 0 Å². The fourth-order valence-corrected chi connectivity index (χ4v) is 4.18. The molecule has 1 unspecified atom stereocenters. The Hall–Kier alpha value is -1.08. The van der Waals surface area contributed by atoms with Crippen molar-refractivity contribution in [1.29, 1.82) is 0 Å². The monoisotopic (exact) mass is 287 g/mol. The highest BCUT2D eigenvalue weighted by Gasteiger charge is 2.28. The minimum atomic E-state index is -2.81. The fraction of sp³-hybridized carbons (Fsp3) is 0.750. The maximum Gasteiger partial charge on any atom is 0.202 e. The van der Waals surface area contributed by atoms with Crippen LogP contribution in [0.5, 0.6) is 0 Å². The van der Waals surface area contributed by atoms with E-state index in [9.17, 15) is 8.42 Å². The average Bonchev–Trinajstić information content (AvgIpc) is 2.92. The number of hydrogen-bond donors (Lipinski definition) is 1. The van der Waals surface area contributed by atoms with E-state index in [0.29, 0.717) is 24.7 Å². The third-order valence-electron chi connectivity index (χ3n) is 3.31. The van der Waals surface area contributed by atoms with Gasteiger partial charge in [-0.25, -0.2) is 13.4 Å². The predicted molar refractivity (Wildman–Crippen MR) is 74.0 cm³/mol. The molecule has 1 aromatic heterocycles. The number of aromatic nitrogens is 2. The van der Waals surface area contributed by atoms with Gasteiger partial charge < -0.3 is 14.6 Å². The van der Waals surface area contributed by atoms with Gasteiger partial charge in [0.25, 0.3) is 0 Å². The molecule has 0 spiro atoms. The van der Waals surface area contributed by atoms with E-state index in [-0.39, 0.29) is 5.92 Å². The molecule has 1 N–H and O–H groups in total. The van der Waals surface area contributed by atoms with Crippen molar-refractivity contribution in [3.63, 3.8) is 0 Å². The van der Waals surface area contributed by atoms with Crippen LogP contribution < -0.4 is 5.32 Å². The normalized spacial score (nSPS) is 21.6. The van der Waals surface area contributed by atoms with Gasteiger partial charge in [0.05, 0.1) is 11.5 Å². The maximum absolute atomic E-state index is 11.4. The smallest absolute Gasteiger partial charge is 0.202 e. The zero-order chi connectivity index (χ0) is 13.7. The maximum atomic E-state index is 11.4. The van der Waals surface area contributed by atoms with Gasteiger partial charge in [-0.05, 0) is 18.8 Å². The molecule has 0 aromatic carbocycles. The SMILES string of the molecule is COCCCNc1nccn1CC1CCS(=O)(=O)C1. The number of rotatable bonds is 7. The first-order chi connectivity index (χ1) is 9.11. The average molecular weight is 287 g/mol. The topological polar surface area (TPSA) is 73.2 Å². The summed E-state index contributed by atoms with van der Waals surface area (Å²) in [6.07, 6.45) is 5.30. The molecule has 1 aliphatic rings. The van der Waals surface area contributed by atoms with Gasteiger partial charge in [-0.3, -0.25) is 0 Å². The summed E-state index contributed by atoms with van der Waals surface area (Å²) in [5, 5.41) is 3.25. The van der Waals surface area contributed by atoms with E-state index in [2.05, 4.69) is 10.3 Å². The van der Waals surface area contributed by atoms with Gasteiger partial charge in [-0.15, -0.1) is 0 Å². The van der Waals surface area contributed by atoms with E-state index in [4.69, 9.17) is 4.74 Å². The summed E-state index contributed by atoms with van der Waals surface area (Å²) in [6, 6.07) is 0. The molecule has 1 atom stereocenters. The van der Waals surface area contributed by atoms with Crippen LogP contribution in [-0.4, -0.2) is 49.7 Å². The second-order valence-corrected chi connectivity index (χ2v) is 7.17. The highest BCUT2D eigenvalue weighted by molar-refractivity contribution is 7.91. The molecule has 108 valence electrons. The first-order valence-corrected chi connectivity index (χ1v) is 8.37. The lowest BCUT2D eigenvalue weighted by Gasteiger charge is -2.13. The van der Waals surface area contributed by atoms with E-state index < -0.39 is 9.84 Å². The molecule has 1 saturated heterocycles. The Bertz CT molecular complexity index is 498. The van der Waals surface area contributed by atoms with Gasteiger partial charge in [-0.1, -0.05) is 0 Å². The Kier molecular flexibility index (Phi) is 4.81. The Morgan fingerprint density at radius 3 is 3.11 bits per heavy atom. The van der Waals surface area contributed by atoms with Crippen LogP contribution in [0.4, 0.5) is 5.95 Å². The second kappa shape index (κ2) is 6.38. The molecule has 0 radical (unpaired) electrons. The zero-order valence-electron chi connectivity index (χ0n) is 11.2. The molecule has 0 aliphatic carbocycles. The standard InChI is InChI=1S/C12H21N3O3S/c1-18-7-2-4-13-12-14-5-6-15(12)9-11-3-8-19(16,17)10-11/h5-6,11H,2-4,7-10H2,1H3,(H,13,14). The summed E-state index contributed by atoms with van der Waals surface area (Å²) in [5.41, 5.74) is 0. The molecule has 19 heavy (non-hydrogen) atoms. The van der Waals surface area contributed by atoms with Crippen LogP contribution in [-0.2, 0) is 21.1 Å². The summed E-state index contributed by atoms with van der Waals surface area (Å²) in [5.74, 6) is 1.64. The van der Waals surface area contributed by atoms with Crippen molar-refractivity contribution >= 4 is 15.8 Å². The molecule has 2 rings (SSSR count). The van der Waals surface area contributed by atoms with Gasteiger partial charge in [0, 0.05) is 39.2 Å². The molecular formula is C12H21N3O3S. The van der Waals surface area contributed by atoms with Crippen molar-refractivity contribution in [3.8, 4) is 0 Å². The van der Waals surface area contributed by atoms with Gasteiger partial charge in [0.1, 0.15) is 0 Å². The minimum Gasteiger partial charge on any atom is -0.385 e. The number of anilines is 1. The molecule has 2 heterocycles. The van der Waals surface area contributed by atoms with Crippen LogP contribution in [0.1, 0.15) is 12.8 Å². The van der Waals surface area contributed by atoms with Crippen molar-refractivity contribution in [2.24, 2.45) is 5.92 Å². The molecule has 0 bridgehead atoms. The van der Waals surface area contributed by atoms with E-state index in [1.807, 2.05) is 10.8 Å². The predicted octanol–water partition coefficient (Wildman–Crippen LogP) is 0.766. The minimum absolute atomic E-state index is 0.207. The Labute approximate surface area is 114 Å². The summed E-state index contributed by atoms with van der Waals surface area (Å²) < 4.78 is 29.9. The van der Waals surface area contributed by atoms with E-state index >= 15 is 0 Å². The lowest BCUT2D eigenvalue weighted by molar-refractivity contribution is 0.197. The van der Waals surface area contributed by atoms with Crippen LogP contribution in [0.2, 0.25) is 0 Å². The largest absolute Gasteiger partial charge is 0.385 e. The van der Waals surface area contributed by atoms with E-state index in [0.717, 1.165) is 25.3 Å². The lowest BCUT2D eigenvalue weighted by Crippen LogP contribution is -2.15. The van der Waals surface area contributed by atoms with Crippen LogP contribution in [0, 0.1) is 5.92 Å². The van der Waals surface area contributed by atoms with Crippen LogP contribution >= 0.6 is 0 Å². The molecule has 0 amide bonds. The summed E-state index contributed by atoms with van der Waals surface area (Å²) >= 11 is 0. The molecule has 6 nitrogen and oxygen atoms in total. The quantitative estimate of drug-likeness (QED) is 0.750. The molecule has 1 aromatic rings. The highest BCUT2D eigenvalue weighted by Crippen LogP contribution is 2.21. The third-order valence-corrected chi connectivity index (χ3v) is 5.14. The van der Waals surface area contributed by atoms with E-state index in [1.54, 1.807) is 13.3 Å². The van der Waals surface area contributed by atoms with Gasteiger partial charge in [-0.2, -0.15) is 0 Å². The number of ether oxygens (including phenoxy) is 1. The van der Waals surface area contributed by atoms with Crippen molar-refractivity contribution in [2.45, 2.75) is 19.4 Å². The van der Waals surface area contributed by atoms with Gasteiger partial charge >= 0.3 is 0 Å². The van der Waals surface area contributed by atoms with Gasteiger partial charge in [0.15, 0.2) is 9.84 Å². The van der Waals surface area contributed by atoms with Crippen LogP contribution in [0.3, 0.4) is 0 Å². The summed E-state index contributed by atoms with van der Waals surface area (Å²) in [4.78, 5) is 4.25. The van der Waals surface area contributed by atoms with Crippen molar-refractivity contribution in [2.75, 3.05) is 37.1 Å². The van der Waals surface area contributed by atoms with Crippen molar-refractivity contribution in [3.05, 3.63) is 12.4 Å². The summed E-state index contributed by atoms with van der Waals surface area (Å²) in [7, 11) is -1.12. The Morgan fingerprint density at radius 2 is 2.42 bits per heavy atom. The van der Waals surface area contributed by atoms with Crippen LogP contribution in [0.25, 0.3) is 0 Å². The van der Waals surface area contributed by atoms with Crippen molar-refractivity contribution < 1.29 is 13.2 Å². The first-order valence-electron chi connectivity index (χ1n) is 6.55. The van der Waals surface area contributed by atoms with Gasteiger partial charge in [0.2, 0.25) is 5.95 Å². The highest BCUT2D eigenvalue weighted by atomic mass is 32.2. The zero-order valence-corrected chi connectivity index (χ0v) is 12.0. The lowest BCUT2D eigenvalue weighted by atomic mass is 10.1. The molecule has 7 heteroatoms. The van der Waals surface area contributed by atoms with Crippen molar-refractivity contribution in [1.82, 2.24) is 9.55 Å². The Morgan fingerprint density at radius 1 is 1.58 bits per heavy atom. The number of methoxy groups -OCH3 is 1. The number of nitrogens with zero attached hydrogens (tertiary/aromatic N) is 2. The number of imidazole rings is 1. The summed E-state index contributed by atoms with van der Waals surface area (Å²) in [6.45, 7) is 2.23.